The summed E-state index contributed by atoms with van der Waals surface area (Å²) in [5, 5.41) is 9.16. The van der Waals surface area contributed by atoms with Gasteiger partial charge >= 0.3 is 0 Å². The van der Waals surface area contributed by atoms with Gasteiger partial charge in [0.2, 0.25) is 0 Å². The minimum atomic E-state index is -0.315. The van der Waals surface area contributed by atoms with Crippen LogP contribution in [0.1, 0.15) is 16.7 Å². The number of imide groups is 1. The Kier molecular flexibility index (Phi) is 5.98. The largest absolute Gasteiger partial charge is 0.497 e. The van der Waals surface area contributed by atoms with Gasteiger partial charge in [-0.25, -0.2) is 0 Å². The molecule has 0 saturated carbocycles. The maximum Gasteiger partial charge on any atom is 0.268 e. The Morgan fingerprint density at radius 3 is 2.26 bits per heavy atom. The van der Waals surface area contributed by atoms with Crippen molar-refractivity contribution in [1.29, 1.82) is 0 Å². The van der Waals surface area contributed by atoms with Crippen LogP contribution < -0.4 is 4.74 Å². The zero-order valence-corrected chi connectivity index (χ0v) is 16.1. The van der Waals surface area contributed by atoms with Crippen LogP contribution in [-0.2, 0) is 16.1 Å². The number of amides is 2. The number of benzene rings is 2. The van der Waals surface area contributed by atoms with Crippen LogP contribution in [0, 0.1) is 6.92 Å². The van der Waals surface area contributed by atoms with Crippen LogP contribution in [0.5, 0.6) is 5.75 Å². The van der Waals surface area contributed by atoms with Crippen molar-refractivity contribution in [2.45, 2.75) is 13.5 Å². The predicted molar refractivity (Wildman–Crippen MR) is 106 cm³/mol. The molecular weight excluding hydrogens is 362 g/mol. The van der Waals surface area contributed by atoms with Crippen molar-refractivity contribution >= 4 is 29.1 Å². The van der Waals surface area contributed by atoms with Crippen molar-refractivity contribution in [3.05, 3.63) is 70.1 Å². The Balaban J connectivity index is 1.93. The van der Waals surface area contributed by atoms with E-state index in [0.29, 0.717) is 27.5 Å². The molecule has 0 aromatic heterocycles. The van der Waals surface area contributed by atoms with E-state index in [4.69, 9.17) is 9.84 Å². The third-order valence-corrected chi connectivity index (χ3v) is 5.36. The molecule has 2 aromatic rings. The molecule has 6 heteroatoms. The molecule has 0 bridgehead atoms. The first-order valence-corrected chi connectivity index (χ1v) is 9.57. The van der Waals surface area contributed by atoms with E-state index in [0.717, 1.165) is 11.1 Å². The van der Waals surface area contributed by atoms with Gasteiger partial charge in [0, 0.05) is 5.75 Å². The van der Waals surface area contributed by atoms with Crippen LogP contribution in [0.3, 0.4) is 0 Å². The second-order valence-electron chi connectivity index (χ2n) is 6.19. The second-order valence-corrected chi connectivity index (χ2v) is 7.29. The number of carbonyl (C=O) groups excluding carboxylic acids is 2. The Labute approximate surface area is 162 Å². The quantitative estimate of drug-likeness (QED) is 0.745. The maximum atomic E-state index is 13.1. The van der Waals surface area contributed by atoms with Gasteiger partial charge in [0.25, 0.3) is 11.8 Å². The SMILES string of the molecule is COc1ccc(C2=C(SCCO)C(=O)N(Cc3ccc(C)cc3)C2=O)cc1. The summed E-state index contributed by atoms with van der Waals surface area (Å²) in [7, 11) is 1.57. The van der Waals surface area contributed by atoms with E-state index in [9.17, 15) is 9.59 Å². The van der Waals surface area contributed by atoms with Crippen molar-refractivity contribution in [1.82, 2.24) is 4.90 Å². The van der Waals surface area contributed by atoms with E-state index in [1.54, 1.807) is 31.4 Å². The summed E-state index contributed by atoms with van der Waals surface area (Å²) in [4.78, 5) is 27.6. The smallest absolute Gasteiger partial charge is 0.268 e. The van der Waals surface area contributed by atoms with Gasteiger partial charge < -0.3 is 9.84 Å². The van der Waals surface area contributed by atoms with E-state index < -0.39 is 0 Å². The highest BCUT2D eigenvalue weighted by Crippen LogP contribution is 2.37. The van der Waals surface area contributed by atoms with Gasteiger partial charge in [0.15, 0.2) is 0 Å². The maximum absolute atomic E-state index is 13.1. The minimum absolute atomic E-state index is 0.0660. The first-order chi connectivity index (χ1) is 13.0. The molecule has 140 valence electrons. The molecule has 0 aliphatic carbocycles. The van der Waals surface area contributed by atoms with Gasteiger partial charge in [-0.1, -0.05) is 42.0 Å². The molecule has 2 aromatic carbocycles. The molecule has 0 fully saturated rings. The number of hydrogen-bond donors (Lipinski definition) is 1. The fourth-order valence-electron chi connectivity index (χ4n) is 2.87. The van der Waals surface area contributed by atoms with Gasteiger partial charge in [0.05, 0.1) is 30.7 Å². The number of nitrogens with zero attached hydrogens (tertiary/aromatic N) is 1. The van der Waals surface area contributed by atoms with Crippen molar-refractivity contribution < 1.29 is 19.4 Å². The fraction of sp³-hybridized carbons (Fsp3) is 0.238. The molecule has 3 rings (SSSR count). The first kappa shape index (κ1) is 19.2. The molecule has 27 heavy (non-hydrogen) atoms. The summed E-state index contributed by atoms with van der Waals surface area (Å²) in [5.41, 5.74) is 3.06. The van der Waals surface area contributed by atoms with Gasteiger partial charge in [-0.2, -0.15) is 0 Å². The summed E-state index contributed by atoms with van der Waals surface area (Å²) in [5.74, 6) is 0.403. The summed E-state index contributed by atoms with van der Waals surface area (Å²) in [6.45, 7) is 2.15. The number of hydrogen-bond acceptors (Lipinski definition) is 5. The topological polar surface area (TPSA) is 66.8 Å². The number of carbonyl (C=O) groups is 2. The Bertz CT molecular complexity index is 872. The lowest BCUT2D eigenvalue weighted by molar-refractivity contribution is -0.137. The lowest BCUT2D eigenvalue weighted by atomic mass is 10.1. The van der Waals surface area contributed by atoms with E-state index in [1.807, 2.05) is 31.2 Å². The third kappa shape index (κ3) is 4.07. The average molecular weight is 383 g/mol. The van der Waals surface area contributed by atoms with Gasteiger partial charge in [-0.15, -0.1) is 11.8 Å². The zero-order chi connectivity index (χ0) is 19.4. The molecular formula is C21H21NO4S. The summed E-state index contributed by atoms with van der Waals surface area (Å²) >= 11 is 1.21. The predicted octanol–water partition coefficient (Wildman–Crippen LogP) is 3.01. The lowest BCUT2D eigenvalue weighted by Crippen LogP contribution is -2.31. The van der Waals surface area contributed by atoms with Gasteiger partial charge in [-0.05, 0) is 30.2 Å². The van der Waals surface area contributed by atoms with Crippen molar-refractivity contribution in [3.8, 4) is 5.75 Å². The number of aliphatic hydroxyl groups is 1. The number of methoxy groups -OCH3 is 1. The van der Waals surface area contributed by atoms with Crippen LogP contribution in [0.25, 0.3) is 5.57 Å². The standard InChI is InChI=1S/C21H21NO4S/c1-14-3-5-15(6-4-14)13-22-20(24)18(19(21(22)25)27-12-11-23)16-7-9-17(26-2)10-8-16/h3-10,23H,11-13H2,1-2H3. The second kappa shape index (κ2) is 8.41. The highest BCUT2D eigenvalue weighted by molar-refractivity contribution is 8.04. The lowest BCUT2D eigenvalue weighted by Gasteiger charge is -2.15. The summed E-state index contributed by atoms with van der Waals surface area (Å²) < 4.78 is 5.16. The van der Waals surface area contributed by atoms with Crippen LogP contribution in [0.4, 0.5) is 0 Å². The fourth-order valence-corrected chi connectivity index (χ4v) is 3.75. The average Bonchev–Trinajstić information content (AvgIpc) is 2.92. The van der Waals surface area contributed by atoms with Crippen LogP contribution in [0.15, 0.2) is 53.4 Å². The number of rotatable bonds is 7. The molecule has 0 spiro atoms. The number of aryl methyl sites for hydroxylation is 1. The van der Waals surface area contributed by atoms with Crippen LogP contribution in [-0.4, -0.2) is 41.3 Å². The van der Waals surface area contributed by atoms with E-state index >= 15 is 0 Å². The Morgan fingerprint density at radius 2 is 1.67 bits per heavy atom. The zero-order valence-electron chi connectivity index (χ0n) is 15.3. The first-order valence-electron chi connectivity index (χ1n) is 8.59. The van der Waals surface area contributed by atoms with Crippen molar-refractivity contribution in [3.63, 3.8) is 0 Å². The van der Waals surface area contributed by atoms with Gasteiger partial charge in [0.1, 0.15) is 5.75 Å². The molecule has 2 amide bonds. The van der Waals surface area contributed by atoms with Crippen molar-refractivity contribution in [2.24, 2.45) is 0 Å². The van der Waals surface area contributed by atoms with E-state index in [2.05, 4.69) is 0 Å². The van der Waals surface area contributed by atoms with Gasteiger partial charge in [-0.3, -0.25) is 14.5 Å². The van der Waals surface area contributed by atoms with E-state index in [1.165, 1.54) is 16.7 Å². The molecule has 1 aliphatic rings. The van der Waals surface area contributed by atoms with Crippen LogP contribution in [0.2, 0.25) is 0 Å². The monoisotopic (exact) mass is 383 g/mol. The minimum Gasteiger partial charge on any atom is -0.497 e. The molecule has 0 atom stereocenters. The molecule has 1 aliphatic heterocycles. The number of thioether (sulfide) groups is 1. The number of ether oxygens (including phenoxy) is 1. The Hall–Kier alpha value is -2.57. The summed E-state index contributed by atoms with van der Waals surface area (Å²) in [6, 6.07) is 14.8. The summed E-state index contributed by atoms with van der Waals surface area (Å²) in [6.07, 6.45) is 0. The molecule has 1 N–H and O–H groups in total. The van der Waals surface area contributed by atoms with E-state index in [-0.39, 0.29) is 25.0 Å². The molecule has 1 heterocycles. The number of aliphatic hydroxyl groups excluding tert-OH is 1. The normalized spacial score (nSPS) is 14.3. The highest BCUT2D eigenvalue weighted by atomic mass is 32.2. The van der Waals surface area contributed by atoms with Crippen LogP contribution >= 0.6 is 11.8 Å². The highest BCUT2D eigenvalue weighted by Gasteiger charge is 2.39. The molecule has 5 nitrogen and oxygen atoms in total. The third-order valence-electron chi connectivity index (χ3n) is 4.30. The molecule has 0 radical (unpaired) electrons. The Morgan fingerprint density at radius 1 is 1.00 bits per heavy atom. The molecule has 0 saturated heterocycles. The van der Waals surface area contributed by atoms with Crippen molar-refractivity contribution in [2.75, 3.05) is 19.5 Å². The molecule has 0 unspecified atom stereocenters.